The minimum absolute atomic E-state index is 0.511. The summed E-state index contributed by atoms with van der Waals surface area (Å²) in [4.78, 5) is 0. The molecule has 1 aliphatic carbocycles. The molecule has 0 spiro atoms. The summed E-state index contributed by atoms with van der Waals surface area (Å²) in [6.07, 6.45) is 10.4. The van der Waals surface area contributed by atoms with Gasteiger partial charge in [-0.15, -0.1) is 0 Å². The van der Waals surface area contributed by atoms with Gasteiger partial charge >= 0.3 is 0 Å². The maximum Gasteiger partial charge on any atom is 0.0762 e. The molecule has 1 atom stereocenters. The van der Waals surface area contributed by atoms with Crippen LogP contribution in [-0.4, -0.2) is 16.3 Å². The summed E-state index contributed by atoms with van der Waals surface area (Å²) in [7, 11) is 0. The van der Waals surface area contributed by atoms with Gasteiger partial charge in [0.05, 0.1) is 5.69 Å². The molecule has 0 saturated heterocycles. The fraction of sp³-hybridized carbons (Fsp3) is 0.800. The highest BCUT2D eigenvalue weighted by Gasteiger charge is 2.12. The Kier molecular flexibility index (Phi) is 5.24. The molecular formula is C15H27N3. The second-order valence-electron chi connectivity index (χ2n) is 5.68. The zero-order valence-electron chi connectivity index (χ0n) is 11.9. The maximum atomic E-state index is 4.62. The molecule has 0 aromatic carbocycles. The van der Waals surface area contributed by atoms with Crippen molar-refractivity contribution < 1.29 is 0 Å². The van der Waals surface area contributed by atoms with Gasteiger partial charge in [0.2, 0.25) is 0 Å². The van der Waals surface area contributed by atoms with E-state index in [0.717, 1.165) is 25.4 Å². The Morgan fingerprint density at radius 3 is 2.89 bits per heavy atom. The average Bonchev–Trinajstić information content (AvgIpc) is 2.88. The van der Waals surface area contributed by atoms with E-state index in [4.69, 9.17) is 0 Å². The van der Waals surface area contributed by atoms with Crippen molar-refractivity contribution >= 4 is 0 Å². The van der Waals surface area contributed by atoms with Crippen molar-refractivity contribution in [1.82, 2.24) is 15.1 Å². The first kappa shape index (κ1) is 13.6. The fourth-order valence-corrected chi connectivity index (χ4v) is 2.70. The molecular weight excluding hydrogens is 222 g/mol. The molecule has 3 heteroatoms. The number of nitrogens with one attached hydrogen (secondary N) is 1. The summed E-state index contributed by atoms with van der Waals surface area (Å²) < 4.78 is 2.08. The Hall–Kier alpha value is -0.830. The zero-order valence-corrected chi connectivity index (χ0v) is 11.9. The van der Waals surface area contributed by atoms with Gasteiger partial charge in [-0.2, -0.15) is 5.10 Å². The highest BCUT2D eigenvalue weighted by atomic mass is 15.3. The van der Waals surface area contributed by atoms with Crippen LogP contribution in [0.1, 0.15) is 64.1 Å². The smallest absolute Gasteiger partial charge is 0.0762 e. The maximum absolute atomic E-state index is 4.62. The number of aromatic nitrogens is 2. The van der Waals surface area contributed by atoms with Crippen LogP contribution in [0.15, 0.2) is 12.3 Å². The van der Waals surface area contributed by atoms with Gasteiger partial charge in [-0.1, -0.05) is 26.2 Å². The quantitative estimate of drug-likeness (QED) is 0.836. The van der Waals surface area contributed by atoms with Crippen LogP contribution in [0, 0.1) is 5.92 Å². The molecule has 0 aliphatic heterocycles. The Morgan fingerprint density at radius 1 is 1.39 bits per heavy atom. The van der Waals surface area contributed by atoms with Crippen molar-refractivity contribution in [3.05, 3.63) is 18.0 Å². The average molecular weight is 249 g/mol. The normalized spacial score (nSPS) is 19.0. The molecule has 1 aromatic rings. The lowest BCUT2D eigenvalue weighted by Gasteiger charge is -2.21. The van der Waals surface area contributed by atoms with Crippen molar-refractivity contribution in [2.45, 2.75) is 65.0 Å². The van der Waals surface area contributed by atoms with E-state index >= 15 is 0 Å². The van der Waals surface area contributed by atoms with Gasteiger partial charge in [0.15, 0.2) is 0 Å². The van der Waals surface area contributed by atoms with Gasteiger partial charge in [-0.3, -0.25) is 4.68 Å². The van der Waals surface area contributed by atoms with Crippen LogP contribution < -0.4 is 5.32 Å². The first-order valence-corrected chi connectivity index (χ1v) is 7.54. The molecule has 1 aliphatic rings. The van der Waals surface area contributed by atoms with Crippen molar-refractivity contribution in [2.75, 3.05) is 6.54 Å². The summed E-state index contributed by atoms with van der Waals surface area (Å²) in [6.45, 7) is 6.50. The van der Waals surface area contributed by atoms with E-state index in [1.807, 2.05) is 0 Å². The van der Waals surface area contributed by atoms with Gasteiger partial charge in [0.25, 0.3) is 0 Å². The van der Waals surface area contributed by atoms with Crippen LogP contribution in [0.2, 0.25) is 0 Å². The van der Waals surface area contributed by atoms with Crippen LogP contribution >= 0.6 is 0 Å². The third-order valence-electron chi connectivity index (χ3n) is 4.17. The van der Waals surface area contributed by atoms with Crippen LogP contribution in [-0.2, 0) is 6.54 Å². The standard InChI is InChI=1S/C15H27N3/c1-3-13(2)18-10-9-15(17-18)12-16-11-14-7-5-4-6-8-14/h9-10,13-14,16H,3-8,11-12H2,1-2H3. The summed E-state index contributed by atoms with van der Waals surface area (Å²) in [6, 6.07) is 2.65. The SMILES string of the molecule is CCC(C)n1ccc(CNCC2CCCCC2)n1. The largest absolute Gasteiger partial charge is 0.311 e. The van der Waals surface area contributed by atoms with Crippen molar-refractivity contribution in [2.24, 2.45) is 5.92 Å². The Labute approximate surface area is 111 Å². The lowest BCUT2D eigenvalue weighted by atomic mass is 9.89. The summed E-state index contributed by atoms with van der Waals surface area (Å²) in [5, 5.41) is 8.18. The molecule has 3 nitrogen and oxygen atoms in total. The molecule has 2 rings (SSSR count). The topological polar surface area (TPSA) is 29.9 Å². The van der Waals surface area contributed by atoms with Crippen molar-refractivity contribution in [3.63, 3.8) is 0 Å². The van der Waals surface area contributed by atoms with Crippen LogP contribution in [0.25, 0.3) is 0 Å². The molecule has 1 saturated carbocycles. The van der Waals surface area contributed by atoms with Crippen LogP contribution in [0.5, 0.6) is 0 Å². The van der Waals surface area contributed by atoms with Gasteiger partial charge in [-0.25, -0.2) is 0 Å². The molecule has 102 valence electrons. The molecule has 1 aromatic heterocycles. The predicted molar refractivity (Wildman–Crippen MR) is 75.5 cm³/mol. The van der Waals surface area contributed by atoms with E-state index in [1.165, 1.54) is 37.8 Å². The van der Waals surface area contributed by atoms with E-state index in [-0.39, 0.29) is 0 Å². The first-order valence-electron chi connectivity index (χ1n) is 7.54. The highest BCUT2D eigenvalue weighted by Crippen LogP contribution is 2.22. The summed E-state index contributed by atoms with van der Waals surface area (Å²) in [5.74, 6) is 0.899. The number of nitrogens with zero attached hydrogens (tertiary/aromatic N) is 2. The predicted octanol–water partition coefficient (Wildman–Crippen LogP) is 3.52. The summed E-state index contributed by atoms with van der Waals surface area (Å²) >= 11 is 0. The Bertz CT molecular complexity index is 339. The molecule has 18 heavy (non-hydrogen) atoms. The van der Waals surface area contributed by atoms with E-state index in [1.54, 1.807) is 0 Å². The number of hydrogen-bond donors (Lipinski definition) is 1. The Balaban J connectivity index is 1.71. The third-order valence-corrected chi connectivity index (χ3v) is 4.17. The van der Waals surface area contributed by atoms with Crippen LogP contribution in [0.3, 0.4) is 0 Å². The van der Waals surface area contributed by atoms with Gasteiger partial charge in [0, 0.05) is 18.8 Å². The fourth-order valence-electron chi connectivity index (χ4n) is 2.70. The van der Waals surface area contributed by atoms with Crippen molar-refractivity contribution in [1.29, 1.82) is 0 Å². The minimum atomic E-state index is 0.511. The lowest BCUT2D eigenvalue weighted by molar-refractivity contribution is 0.341. The molecule has 1 fully saturated rings. The molecule has 1 heterocycles. The summed E-state index contributed by atoms with van der Waals surface area (Å²) in [5.41, 5.74) is 1.17. The minimum Gasteiger partial charge on any atom is -0.311 e. The highest BCUT2D eigenvalue weighted by molar-refractivity contribution is 4.99. The third kappa shape index (κ3) is 3.84. The van der Waals surface area contributed by atoms with E-state index in [2.05, 4.69) is 41.2 Å². The van der Waals surface area contributed by atoms with E-state index < -0.39 is 0 Å². The second kappa shape index (κ2) is 6.93. The van der Waals surface area contributed by atoms with Gasteiger partial charge in [0.1, 0.15) is 0 Å². The second-order valence-corrected chi connectivity index (χ2v) is 5.68. The zero-order chi connectivity index (χ0) is 12.8. The molecule has 0 radical (unpaired) electrons. The van der Waals surface area contributed by atoms with Crippen molar-refractivity contribution in [3.8, 4) is 0 Å². The Morgan fingerprint density at radius 2 is 2.17 bits per heavy atom. The molecule has 0 bridgehead atoms. The molecule has 1 unspecified atom stereocenters. The first-order chi connectivity index (χ1) is 8.79. The van der Waals surface area contributed by atoms with E-state index in [9.17, 15) is 0 Å². The lowest BCUT2D eigenvalue weighted by Crippen LogP contribution is -2.24. The van der Waals surface area contributed by atoms with Gasteiger partial charge in [-0.05, 0) is 44.7 Å². The van der Waals surface area contributed by atoms with Gasteiger partial charge < -0.3 is 5.32 Å². The molecule has 1 N–H and O–H groups in total. The number of rotatable bonds is 6. The monoisotopic (exact) mass is 249 g/mol. The number of hydrogen-bond acceptors (Lipinski definition) is 2. The van der Waals surface area contributed by atoms with Crippen LogP contribution in [0.4, 0.5) is 0 Å². The van der Waals surface area contributed by atoms with E-state index in [0.29, 0.717) is 6.04 Å². The molecule has 0 amide bonds.